The summed E-state index contributed by atoms with van der Waals surface area (Å²) in [7, 11) is -1.94. The van der Waals surface area contributed by atoms with Crippen molar-refractivity contribution in [1.82, 2.24) is 8.61 Å². The molecular weight excluding hydrogens is 312 g/mol. The van der Waals surface area contributed by atoms with Crippen molar-refractivity contribution in [3.8, 4) is 6.07 Å². The van der Waals surface area contributed by atoms with Crippen LogP contribution in [-0.4, -0.2) is 56.8 Å². The number of aryl methyl sites for hydroxylation is 1. The van der Waals surface area contributed by atoms with Crippen LogP contribution in [0.5, 0.6) is 0 Å². The molecule has 6 nitrogen and oxygen atoms in total. The number of nitrogens with zero attached hydrogens (tertiary/aromatic N) is 4. The third kappa shape index (κ3) is 3.83. The second-order valence-corrected chi connectivity index (χ2v) is 7.88. The largest absolute Gasteiger partial charge is 0.369 e. The first kappa shape index (κ1) is 17.7. The minimum absolute atomic E-state index is 0.207. The molecule has 126 valence electrons. The van der Waals surface area contributed by atoms with Crippen molar-refractivity contribution in [2.45, 2.75) is 20.3 Å². The summed E-state index contributed by atoms with van der Waals surface area (Å²) in [5.74, 6) is 0. The SMILES string of the molecule is Cc1cccc(N2CCN(S(=O)(=O)N(C)CCC#N)CC2)c1C. The summed E-state index contributed by atoms with van der Waals surface area (Å²) in [6.45, 7) is 6.70. The molecule has 0 unspecified atom stereocenters. The van der Waals surface area contributed by atoms with Gasteiger partial charge >= 0.3 is 0 Å². The molecule has 0 spiro atoms. The average molecular weight is 336 g/mol. The summed E-state index contributed by atoms with van der Waals surface area (Å²) >= 11 is 0. The van der Waals surface area contributed by atoms with Crippen molar-refractivity contribution in [1.29, 1.82) is 5.26 Å². The first-order valence-electron chi connectivity index (χ1n) is 7.77. The minimum Gasteiger partial charge on any atom is -0.369 e. The van der Waals surface area contributed by atoms with E-state index in [1.807, 2.05) is 12.1 Å². The van der Waals surface area contributed by atoms with Gasteiger partial charge in [-0.3, -0.25) is 0 Å². The van der Waals surface area contributed by atoms with Crippen LogP contribution < -0.4 is 4.90 Å². The van der Waals surface area contributed by atoms with Gasteiger partial charge in [0.15, 0.2) is 0 Å². The lowest BCUT2D eigenvalue weighted by Gasteiger charge is -2.37. The molecule has 23 heavy (non-hydrogen) atoms. The number of hydrogen-bond acceptors (Lipinski definition) is 4. The highest BCUT2D eigenvalue weighted by atomic mass is 32.2. The Labute approximate surface area is 139 Å². The Morgan fingerprint density at radius 1 is 1.22 bits per heavy atom. The topological polar surface area (TPSA) is 67.7 Å². The number of nitriles is 1. The standard InChI is InChI=1S/C16H24N4O2S/c1-14-6-4-7-16(15(14)2)19-10-12-20(13-11-19)23(21,22)18(3)9-5-8-17/h4,6-7H,5,9-13H2,1-3H3. The van der Waals surface area contributed by atoms with Crippen molar-refractivity contribution >= 4 is 15.9 Å². The lowest BCUT2D eigenvalue weighted by molar-refractivity contribution is 0.344. The van der Waals surface area contributed by atoms with E-state index in [0.717, 1.165) is 0 Å². The quantitative estimate of drug-likeness (QED) is 0.817. The maximum absolute atomic E-state index is 12.5. The predicted molar refractivity (Wildman–Crippen MR) is 91.5 cm³/mol. The number of rotatable bonds is 5. The fraction of sp³-hybridized carbons (Fsp3) is 0.562. The summed E-state index contributed by atoms with van der Waals surface area (Å²) < 4.78 is 27.7. The van der Waals surface area contributed by atoms with Gasteiger partial charge < -0.3 is 4.90 Å². The van der Waals surface area contributed by atoms with Crippen molar-refractivity contribution in [2.24, 2.45) is 0 Å². The van der Waals surface area contributed by atoms with Gasteiger partial charge in [0.05, 0.1) is 6.07 Å². The summed E-state index contributed by atoms with van der Waals surface area (Å²) in [6.07, 6.45) is 0.207. The van der Waals surface area contributed by atoms with Gasteiger partial charge in [0.25, 0.3) is 10.2 Å². The fourth-order valence-corrected chi connectivity index (χ4v) is 4.10. The highest BCUT2D eigenvalue weighted by Crippen LogP contribution is 2.24. The van der Waals surface area contributed by atoms with Crippen molar-refractivity contribution in [2.75, 3.05) is 44.7 Å². The van der Waals surface area contributed by atoms with Crippen molar-refractivity contribution in [3.05, 3.63) is 29.3 Å². The van der Waals surface area contributed by atoms with Crippen LogP contribution in [0.4, 0.5) is 5.69 Å². The van der Waals surface area contributed by atoms with E-state index in [2.05, 4.69) is 30.9 Å². The Morgan fingerprint density at radius 3 is 2.48 bits per heavy atom. The van der Waals surface area contributed by atoms with Crippen LogP contribution in [0.15, 0.2) is 18.2 Å². The molecule has 0 radical (unpaired) electrons. The number of piperazine rings is 1. The lowest BCUT2D eigenvalue weighted by Crippen LogP contribution is -2.52. The van der Waals surface area contributed by atoms with Gasteiger partial charge in [-0.15, -0.1) is 0 Å². The van der Waals surface area contributed by atoms with E-state index in [-0.39, 0.29) is 13.0 Å². The smallest absolute Gasteiger partial charge is 0.281 e. The Morgan fingerprint density at radius 2 is 1.87 bits per heavy atom. The van der Waals surface area contributed by atoms with Gasteiger partial charge in [-0.2, -0.15) is 22.3 Å². The molecule has 1 fully saturated rings. The van der Waals surface area contributed by atoms with E-state index in [1.165, 1.54) is 32.5 Å². The molecule has 1 saturated heterocycles. The third-order valence-corrected chi connectivity index (χ3v) is 6.40. The third-order valence-electron chi connectivity index (χ3n) is 4.41. The molecule has 7 heteroatoms. The number of benzene rings is 1. The van der Waals surface area contributed by atoms with Crippen molar-refractivity contribution < 1.29 is 8.42 Å². The van der Waals surface area contributed by atoms with E-state index in [0.29, 0.717) is 26.2 Å². The van der Waals surface area contributed by atoms with E-state index < -0.39 is 10.2 Å². The van der Waals surface area contributed by atoms with E-state index in [1.54, 1.807) is 0 Å². The molecule has 1 aromatic carbocycles. The van der Waals surface area contributed by atoms with Crippen LogP contribution in [-0.2, 0) is 10.2 Å². The highest BCUT2D eigenvalue weighted by molar-refractivity contribution is 7.86. The fourth-order valence-electron chi connectivity index (χ4n) is 2.76. The van der Waals surface area contributed by atoms with Crippen LogP contribution in [0.25, 0.3) is 0 Å². The van der Waals surface area contributed by atoms with Gasteiger partial charge in [0.1, 0.15) is 0 Å². The summed E-state index contributed by atoms with van der Waals surface area (Å²) in [6, 6.07) is 8.19. The van der Waals surface area contributed by atoms with Crippen LogP contribution in [0.3, 0.4) is 0 Å². The maximum Gasteiger partial charge on any atom is 0.281 e. The molecule has 1 aliphatic heterocycles. The van der Waals surface area contributed by atoms with E-state index in [9.17, 15) is 8.42 Å². The van der Waals surface area contributed by atoms with Gasteiger partial charge in [0.2, 0.25) is 0 Å². The zero-order valence-electron chi connectivity index (χ0n) is 14.0. The normalized spacial score (nSPS) is 16.6. The van der Waals surface area contributed by atoms with Crippen LogP contribution in [0.2, 0.25) is 0 Å². The molecule has 0 aliphatic carbocycles. The minimum atomic E-state index is -3.47. The summed E-state index contributed by atoms with van der Waals surface area (Å²) in [4.78, 5) is 2.24. The van der Waals surface area contributed by atoms with Gasteiger partial charge in [-0.25, -0.2) is 0 Å². The maximum atomic E-state index is 12.5. The molecule has 2 rings (SSSR count). The van der Waals surface area contributed by atoms with E-state index in [4.69, 9.17) is 5.26 Å². The van der Waals surface area contributed by atoms with Crippen molar-refractivity contribution in [3.63, 3.8) is 0 Å². The molecule has 0 saturated carbocycles. The zero-order chi connectivity index (χ0) is 17.0. The monoisotopic (exact) mass is 336 g/mol. The molecule has 1 heterocycles. The molecular formula is C16H24N4O2S. The number of hydrogen-bond donors (Lipinski definition) is 0. The second-order valence-electron chi connectivity index (χ2n) is 5.84. The zero-order valence-corrected chi connectivity index (χ0v) is 14.8. The first-order chi connectivity index (χ1) is 10.9. The lowest BCUT2D eigenvalue weighted by atomic mass is 10.1. The number of anilines is 1. The summed E-state index contributed by atoms with van der Waals surface area (Å²) in [5.41, 5.74) is 3.67. The molecule has 0 amide bonds. The Balaban J connectivity index is 2.04. The van der Waals surface area contributed by atoms with E-state index >= 15 is 0 Å². The Kier molecular flexibility index (Phi) is 5.63. The molecule has 0 N–H and O–H groups in total. The second kappa shape index (κ2) is 7.30. The Hall–Kier alpha value is -1.62. The predicted octanol–water partition coefficient (Wildman–Crippen LogP) is 1.52. The van der Waals surface area contributed by atoms with Crippen LogP contribution in [0.1, 0.15) is 17.5 Å². The van der Waals surface area contributed by atoms with Crippen LogP contribution in [0, 0.1) is 25.2 Å². The van der Waals surface area contributed by atoms with Gasteiger partial charge in [-0.05, 0) is 31.0 Å². The van der Waals surface area contributed by atoms with Gasteiger partial charge in [-0.1, -0.05) is 12.1 Å². The first-order valence-corrected chi connectivity index (χ1v) is 9.17. The Bertz CT molecular complexity index is 689. The molecule has 1 aromatic rings. The summed E-state index contributed by atoms with van der Waals surface area (Å²) in [5, 5.41) is 8.61. The van der Waals surface area contributed by atoms with Crippen LogP contribution >= 0.6 is 0 Å². The highest BCUT2D eigenvalue weighted by Gasteiger charge is 2.30. The molecule has 0 bridgehead atoms. The molecule has 1 aliphatic rings. The van der Waals surface area contributed by atoms with Gasteiger partial charge in [0, 0.05) is 51.9 Å². The molecule has 0 atom stereocenters. The molecule has 0 aromatic heterocycles. The average Bonchev–Trinajstić information content (AvgIpc) is 2.55.